The molecular formula is C5H13SSi. The van der Waals surface area contributed by atoms with Gasteiger partial charge in [0, 0.05) is 9.52 Å². The molecular weight excluding hydrogens is 120 g/mol. The van der Waals surface area contributed by atoms with Gasteiger partial charge < -0.3 is 0 Å². The highest BCUT2D eigenvalue weighted by Crippen LogP contribution is 1.92. The number of thiol groups is 1. The van der Waals surface area contributed by atoms with Gasteiger partial charge in [-0.25, -0.2) is 0 Å². The molecule has 0 aromatic heterocycles. The molecule has 0 fully saturated rings. The number of hydrogen-bond donors (Lipinski definition) is 1. The topological polar surface area (TPSA) is 0 Å². The molecule has 7 heavy (non-hydrogen) atoms. The number of hydrogen-bond acceptors (Lipinski definition) is 1. The summed E-state index contributed by atoms with van der Waals surface area (Å²) in [5.41, 5.74) is 0. The molecule has 0 saturated heterocycles. The Morgan fingerprint density at radius 2 is 2.29 bits per heavy atom. The normalized spacial score (nSPS) is 9.43. The van der Waals surface area contributed by atoms with Crippen LogP contribution < -0.4 is 0 Å². The molecule has 0 nitrogen and oxygen atoms in total. The van der Waals surface area contributed by atoms with E-state index >= 15 is 0 Å². The highest BCUT2D eigenvalue weighted by molar-refractivity contribution is 7.80. The number of rotatable bonds is 4. The SMILES string of the molecule is CC[SiH]CCCS. The molecule has 43 valence electrons. The molecule has 0 aromatic carbocycles. The summed E-state index contributed by atoms with van der Waals surface area (Å²) < 4.78 is 0. The van der Waals surface area contributed by atoms with Crippen molar-refractivity contribution in [1.82, 2.24) is 0 Å². The molecule has 0 N–H and O–H groups in total. The fourth-order valence-electron chi connectivity index (χ4n) is 0.440. The first-order valence-electron chi connectivity index (χ1n) is 2.84. The maximum absolute atomic E-state index is 4.11. The van der Waals surface area contributed by atoms with Crippen LogP contribution >= 0.6 is 12.6 Å². The molecule has 0 aliphatic carbocycles. The Bertz CT molecular complexity index is 27.3. The Kier molecular flexibility index (Phi) is 7.10. The van der Waals surface area contributed by atoms with E-state index in [0.29, 0.717) is 0 Å². The van der Waals surface area contributed by atoms with E-state index in [2.05, 4.69) is 19.6 Å². The molecule has 2 heteroatoms. The average Bonchev–Trinajstić information content (AvgIpc) is 1.69. The van der Waals surface area contributed by atoms with Crippen LogP contribution in [-0.4, -0.2) is 15.3 Å². The third-order valence-corrected chi connectivity index (χ3v) is 2.57. The summed E-state index contributed by atoms with van der Waals surface area (Å²) in [4.78, 5) is 0. The molecule has 0 aromatic rings. The first kappa shape index (κ1) is 7.57. The predicted octanol–water partition coefficient (Wildman–Crippen LogP) is 1.60. The van der Waals surface area contributed by atoms with Crippen molar-refractivity contribution in [3.05, 3.63) is 0 Å². The third-order valence-electron chi connectivity index (χ3n) is 0.855. The van der Waals surface area contributed by atoms with E-state index in [1.807, 2.05) is 0 Å². The summed E-state index contributed by atoms with van der Waals surface area (Å²) in [7, 11) is 0.767. The molecule has 0 spiro atoms. The Morgan fingerprint density at radius 3 is 2.71 bits per heavy atom. The van der Waals surface area contributed by atoms with Crippen LogP contribution in [-0.2, 0) is 0 Å². The van der Waals surface area contributed by atoms with Crippen molar-refractivity contribution in [3.8, 4) is 0 Å². The van der Waals surface area contributed by atoms with Gasteiger partial charge in [-0.15, -0.1) is 0 Å². The molecule has 0 unspecified atom stereocenters. The molecule has 0 atom stereocenters. The second kappa shape index (κ2) is 6.57. The van der Waals surface area contributed by atoms with Gasteiger partial charge >= 0.3 is 0 Å². The van der Waals surface area contributed by atoms with Crippen molar-refractivity contribution in [1.29, 1.82) is 0 Å². The first-order chi connectivity index (χ1) is 3.41. The highest BCUT2D eigenvalue weighted by Gasteiger charge is 1.81. The molecule has 0 bridgehead atoms. The van der Waals surface area contributed by atoms with Gasteiger partial charge in [-0.2, -0.15) is 12.6 Å². The zero-order chi connectivity index (χ0) is 5.54. The molecule has 0 heterocycles. The van der Waals surface area contributed by atoms with Crippen molar-refractivity contribution in [2.45, 2.75) is 25.4 Å². The lowest BCUT2D eigenvalue weighted by Gasteiger charge is -1.89. The summed E-state index contributed by atoms with van der Waals surface area (Å²) in [5.74, 6) is 1.08. The standard InChI is InChI=1S/C5H13SSi/c1-2-7-5-3-4-6/h6-7H,2-5H2,1H3. The fourth-order valence-corrected chi connectivity index (χ4v) is 1.87. The molecule has 0 rings (SSSR count). The molecule has 0 aliphatic heterocycles. The Morgan fingerprint density at radius 1 is 1.57 bits per heavy atom. The second-order valence-corrected chi connectivity index (χ2v) is 3.98. The maximum Gasteiger partial charge on any atom is 0.0277 e. The van der Waals surface area contributed by atoms with Crippen molar-refractivity contribution in [2.75, 3.05) is 5.75 Å². The van der Waals surface area contributed by atoms with Crippen molar-refractivity contribution in [2.24, 2.45) is 0 Å². The van der Waals surface area contributed by atoms with Gasteiger partial charge in [0.05, 0.1) is 0 Å². The van der Waals surface area contributed by atoms with Crippen LogP contribution in [0.2, 0.25) is 12.1 Å². The lowest BCUT2D eigenvalue weighted by atomic mass is 10.6. The highest BCUT2D eigenvalue weighted by atomic mass is 32.1. The lowest BCUT2D eigenvalue weighted by Crippen LogP contribution is -1.84. The minimum absolute atomic E-state index is 0.767. The van der Waals surface area contributed by atoms with Crippen LogP contribution in [0, 0.1) is 0 Å². The molecule has 0 saturated carbocycles. The minimum atomic E-state index is 0.767. The minimum Gasteiger partial charge on any atom is -0.179 e. The van der Waals surface area contributed by atoms with Crippen LogP contribution in [0.15, 0.2) is 0 Å². The largest absolute Gasteiger partial charge is 0.179 e. The fraction of sp³-hybridized carbons (Fsp3) is 1.00. The van der Waals surface area contributed by atoms with E-state index in [4.69, 9.17) is 0 Å². The summed E-state index contributed by atoms with van der Waals surface area (Å²) in [6.45, 7) is 2.26. The summed E-state index contributed by atoms with van der Waals surface area (Å²) in [6.07, 6.45) is 1.33. The molecule has 0 aliphatic rings. The van der Waals surface area contributed by atoms with E-state index < -0.39 is 0 Å². The van der Waals surface area contributed by atoms with Crippen LogP contribution in [0.4, 0.5) is 0 Å². The Balaban J connectivity index is 2.45. The zero-order valence-corrected chi connectivity index (χ0v) is 6.90. The van der Waals surface area contributed by atoms with Crippen molar-refractivity contribution in [3.63, 3.8) is 0 Å². The smallest absolute Gasteiger partial charge is 0.0277 e. The van der Waals surface area contributed by atoms with E-state index in [0.717, 1.165) is 15.3 Å². The van der Waals surface area contributed by atoms with Crippen molar-refractivity contribution < 1.29 is 0 Å². The summed E-state index contributed by atoms with van der Waals surface area (Å²) >= 11 is 4.11. The van der Waals surface area contributed by atoms with Gasteiger partial charge in [0.15, 0.2) is 0 Å². The van der Waals surface area contributed by atoms with E-state index in [1.54, 1.807) is 0 Å². The zero-order valence-electron chi connectivity index (χ0n) is 4.85. The van der Waals surface area contributed by atoms with Crippen LogP contribution in [0.3, 0.4) is 0 Å². The second-order valence-electron chi connectivity index (χ2n) is 1.56. The van der Waals surface area contributed by atoms with Gasteiger partial charge in [0.2, 0.25) is 0 Å². The summed E-state index contributed by atoms with van der Waals surface area (Å²) in [6, 6.07) is 2.85. The van der Waals surface area contributed by atoms with E-state index in [-0.39, 0.29) is 0 Å². The predicted molar refractivity (Wildman–Crippen MR) is 40.9 cm³/mol. The average molecular weight is 133 g/mol. The maximum atomic E-state index is 4.11. The lowest BCUT2D eigenvalue weighted by molar-refractivity contribution is 1.09. The Labute approximate surface area is 53.9 Å². The van der Waals surface area contributed by atoms with E-state index in [1.165, 1.54) is 18.5 Å². The first-order valence-corrected chi connectivity index (χ1v) is 5.11. The van der Waals surface area contributed by atoms with Gasteiger partial charge in [0.1, 0.15) is 0 Å². The molecule has 1 radical (unpaired) electrons. The van der Waals surface area contributed by atoms with Gasteiger partial charge in [-0.3, -0.25) is 0 Å². The van der Waals surface area contributed by atoms with Crippen LogP contribution in [0.1, 0.15) is 13.3 Å². The Hall–Kier alpha value is 0.567. The summed E-state index contributed by atoms with van der Waals surface area (Å²) in [5, 5.41) is 0. The van der Waals surface area contributed by atoms with Gasteiger partial charge in [-0.05, 0) is 12.2 Å². The van der Waals surface area contributed by atoms with Crippen LogP contribution in [0.5, 0.6) is 0 Å². The van der Waals surface area contributed by atoms with E-state index in [9.17, 15) is 0 Å². The van der Waals surface area contributed by atoms with Crippen molar-refractivity contribution >= 4 is 22.1 Å². The van der Waals surface area contributed by atoms with Gasteiger partial charge in [-0.1, -0.05) is 19.0 Å². The monoisotopic (exact) mass is 133 g/mol. The van der Waals surface area contributed by atoms with Crippen LogP contribution in [0.25, 0.3) is 0 Å². The quantitative estimate of drug-likeness (QED) is 0.336. The third kappa shape index (κ3) is 6.57. The molecule has 0 amide bonds. The van der Waals surface area contributed by atoms with Gasteiger partial charge in [0.25, 0.3) is 0 Å².